The van der Waals surface area contributed by atoms with E-state index in [4.69, 9.17) is 16.3 Å². The molecule has 0 radical (unpaired) electrons. The van der Waals surface area contributed by atoms with Crippen molar-refractivity contribution in [2.24, 2.45) is 5.10 Å². The fourth-order valence-electron chi connectivity index (χ4n) is 3.80. The summed E-state index contributed by atoms with van der Waals surface area (Å²) in [6, 6.07) is 12.8. The van der Waals surface area contributed by atoms with Crippen molar-refractivity contribution < 1.29 is 19.1 Å². The van der Waals surface area contributed by atoms with Gasteiger partial charge in [0.2, 0.25) is 16.7 Å². The number of hydrogen-bond acceptors (Lipinski definition) is 6. The molecule has 2 aromatic rings. The van der Waals surface area contributed by atoms with E-state index < -0.39 is 10.8 Å². The maximum absolute atomic E-state index is 13.8. The number of amidine groups is 1. The Labute approximate surface area is 194 Å². The molecule has 2 heterocycles. The number of carbonyl (C=O) groups excluding carboxylic acids is 3. The first-order valence-corrected chi connectivity index (χ1v) is 11.1. The van der Waals surface area contributed by atoms with Gasteiger partial charge in [0, 0.05) is 19.4 Å². The van der Waals surface area contributed by atoms with Crippen LogP contribution in [0.3, 0.4) is 0 Å². The summed E-state index contributed by atoms with van der Waals surface area (Å²) in [5, 5.41) is 8.47. The Morgan fingerprint density at radius 3 is 2.62 bits per heavy atom. The summed E-state index contributed by atoms with van der Waals surface area (Å²) in [5.41, 5.74) is 2.03. The topological polar surface area (TPSA) is 91.3 Å². The van der Waals surface area contributed by atoms with E-state index >= 15 is 0 Å². The number of thioether (sulfide) groups is 1. The predicted molar refractivity (Wildman–Crippen MR) is 124 cm³/mol. The van der Waals surface area contributed by atoms with E-state index in [1.807, 2.05) is 31.2 Å². The second-order valence-corrected chi connectivity index (χ2v) is 8.96. The summed E-state index contributed by atoms with van der Waals surface area (Å²) < 4.78 is 5.89. The lowest BCUT2D eigenvalue weighted by Crippen LogP contribution is -2.49. The molecule has 10 heteroatoms. The molecule has 0 aliphatic carbocycles. The van der Waals surface area contributed by atoms with Gasteiger partial charge in [0.1, 0.15) is 12.4 Å². The monoisotopic (exact) mass is 472 g/mol. The molecule has 0 fully saturated rings. The van der Waals surface area contributed by atoms with Crippen LogP contribution in [0.2, 0.25) is 5.02 Å². The predicted octanol–water partition coefficient (Wildman–Crippen LogP) is 3.23. The summed E-state index contributed by atoms with van der Waals surface area (Å²) in [6.07, 6.45) is 0. The Hall–Kier alpha value is -3.04. The van der Waals surface area contributed by atoms with Gasteiger partial charge in [-0.05, 0) is 36.4 Å². The molecule has 2 aliphatic heterocycles. The lowest BCUT2D eigenvalue weighted by molar-refractivity contribution is -0.139. The van der Waals surface area contributed by atoms with Crippen LogP contribution in [0, 0.1) is 6.92 Å². The third-order valence-electron chi connectivity index (χ3n) is 5.14. The van der Waals surface area contributed by atoms with Gasteiger partial charge in [0.15, 0.2) is 5.17 Å². The van der Waals surface area contributed by atoms with Crippen LogP contribution in [0.1, 0.15) is 25.0 Å². The molecule has 2 aliphatic rings. The van der Waals surface area contributed by atoms with Gasteiger partial charge in [-0.15, -0.1) is 5.10 Å². The number of rotatable bonds is 4. The summed E-state index contributed by atoms with van der Waals surface area (Å²) in [5.74, 6) is -0.435. The smallest absolute Gasteiger partial charge is 0.270 e. The quantitative estimate of drug-likeness (QED) is 0.737. The van der Waals surface area contributed by atoms with Gasteiger partial charge in [-0.25, -0.2) is 0 Å². The molecule has 4 rings (SSSR count). The highest BCUT2D eigenvalue weighted by Gasteiger charge is 2.61. The highest BCUT2D eigenvalue weighted by molar-refractivity contribution is 8.15. The summed E-state index contributed by atoms with van der Waals surface area (Å²) >= 11 is 7.52. The van der Waals surface area contributed by atoms with Gasteiger partial charge in [-0.3, -0.25) is 14.4 Å². The molecule has 0 saturated heterocycles. The number of nitrogens with one attached hydrogen (secondary N) is 1. The highest BCUT2D eigenvalue weighted by atomic mass is 35.5. The Kier molecular flexibility index (Phi) is 5.87. The number of para-hydroxylation sites is 2. The number of ether oxygens (including phenoxy) is 1. The second kappa shape index (κ2) is 8.48. The number of amides is 3. The Balaban J connectivity index is 1.68. The number of aryl methyl sites for hydroxylation is 1. The standard InChI is InChI=1S/C22H21ClN4O4S/c1-13-7-4-5-10-18(13)31-12-11-26-19-16(8-6-9-17(19)23)22(20(26)30)27(15(3)29)25-21(32-22)24-14(2)28/h4-10H,11-12H2,1-3H3,(H,24,25,28)/t22-/m0/s1. The molecular weight excluding hydrogens is 452 g/mol. The summed E-state index contributed by atoms with van der Waals surface area (Å²) in [7, 11) is 0. The van der Waals surface area contributed by atoms with E-state index in [1.165, 1.54) is 18.7 Å². The van der Waals surface area contributed by atoms with Crippen molar-refractivity contribution in [3.8, 4) is 5.75 Å². The summed E-state index contributed by atoms with van der Waals surface area (Å²) in [4.78, 5) is 37.9. The van der Waals surface area contributed by atoms with Crippen molar-refractivity contribution in [2.45, 2.75) is 25.6 Å². The van der Waals surface area contributed by atoms with Crippen molar-refractivity contribution >= 4 is 51.9 Å². The van der Waals surface area contributed by atoms with Crippen molar-refractivity contribution in [3.63, 3.8) is 0 Å². The van der Waals surface area contributed by atoms with Crippen molar-refractivity contribution in [3.05, 3.63) is 58.6 Å². The summed E-state index contributed by atoms with van der Waals surface area (Å²) in [6.45, 7) is 5.04. The molecule has 32 heavy (non-hydrogen) atoms. The average Bonchev–Trinajstić information content (AvgIpc) is 3.22. The minimum atomic E-state index is -1.48. The van der Waals surface area contributed by atoms with E-state index in [2.05, 4.69) is 10.4 Å². The Bertz CT molecular complexity index is 1150. The van der Waals surface area contributed by atoms with Gasteiger partial charge < -0.3 is 15.0 Å². The number of nitrogens with zero attached hydrogens (tertiary/aromatic N) is 3. The highest BCUT2D eigenvalue weighted by Crippen LogP contribution is 2.56. The fraction of sp³-hybridized carbons (Fsp3) is 0.273. The van der Waals surface area contributed by atoms with E-state index in [1.54, 1.807) is 18.2 Å². The van der Waals surface area contributed by atoms with Crippen LogP contribution in [0.4, 0.5) is 5.69 Å². The molecule has 2 aromatic carbocycles. The number of carbonyl (C=O) groups is 3. The number of benzene rings is 2. The molecule has 0 unspecified atom stereocenters. The van der Waals surface area contributed by atoms with Gasteiger partial charge >= 0.3 is 0 Å². The molecule has 1 atom stereocenters. The maximum Gasteiger partial charge on any atom is 0.270 e. The molecule has 166 valence electrons. The lowest BCUT2D eigenvalue weighted by Gasteiger charge is -2.29. The first-order valence-electron chi connectivity index (χ1n) is 9.91. The first kappa shape index (κ1) is 22.2. The average molecular weight is 473 g/mol. The van der Waals surface area contributed by atoms with Crippen LogP contribution < -0.4 is 15.0 Å². The number of hydrazone groups is 1. The molecule has 1 N–H and O–H groups in total. The molecule has 3 amide bonds. The number of anilines is 1. The zero-order valence-electron chi connectivity index (χ0n) is 17.7. The molecular formula is C22H21ClN4O4S. The Morgan fingerprint density at radius 2 is 1.94 bits per heavy atom. The zero-order chi connectivity index (χ0) is 23.0. The second-order valence-electron chi connectivity index (χ2n) is 7.37. The maximum atomic E-state index is 13.8. The lowest BCUT2D eigenvalue weighted by atomic mass is 10.1. The van der Waals surface area contributed by atoms with Gasteiger partial charge in [0.05, 0.1) is 17.3 Å². The molecule has 0 saturated carbocycles. The number of halogens is 1. The zero-order valence-corrected chi connectivity index (χ0v) is 19.3. The van der Waals surface area contributed by atoms with Crippen molar-refractivity contribution in [2.75, 3.05) is 18.1 Å². The van der Waals surface area contributed by atoms with E-state index in [-0.39, 0.29) is 30.1 Å². The van der Waals surface area contributed by atoms with E-state index in [9.17, 15) is 14.4 Å². The molecule has 0 aromatic heterocycles. The molecule has 8 nitrogen and oxygen atoms in total. The van der Waals surface area contributed by atoms with Gasteiger partial charge in [-0.2, -0.15) is 5.01 Å². The SMILES string of the molecule is CC(=O)NC1=NN(C(C)=O)[C@@]2(S1)C(=O)N(CCOc1ccccc1C)c1c(Cl)cccc12. The van der Waals surface area contributed by atoms with Crippen LogP contribution in [0.25, 0.3) is 0 Å². The van der Waals surface area contributed by atoms with Gasteiger partial charge in [-0.1, -0.05) is 41.9 Å². The molecule has 0 bridgehead atoms. The van der Waals surface area contributed by atoms with Crippen LogP contribution in [0.5, 0.6) is 5.75 Å². The third kappa shape index (κ3) is 3.61. The third-order valence-corrected chi connectivity index (χ3v) is 6.68. The normalized spacial score (nSPS) is 19.2. The van der Waals surface area contributed by atoms with E-state index in [0.29, 0.717) is 16.3 Å². The minimum absolute atomic E-state index is 0.171. The number of hydrogen-bond donors (Lipinski definition) is 1. The van der Waals surface area contributed by atoms with Crippen LogP contribution in [0.15, 0.2) is 47.6 Å². The Morgan fingerprint density at radius 1 is 1.19 bits per heavy atom. The first-order chi connectivity index (χ1) is 15.3. The minimum Gasteiger partial charge on any atom is -0.491 e. The fourth-order valence-corrected chi connectivity index (χ4v) is 5.40. The largest absolute Gasteiger partial charge is 0.491 e. The van der Waals surface area contributed by atoms with Gasteiger partial charge in [0.25, 0.3) is 5.91 Å². The number of fused-ring (bicyclic) bond motifs is 2. The van der Waals surface area contributed by atoms with Crippen molar-refractivity contribution in [1.29, 1.82) is 0 Å². The van der Waals surface area contributed by atoms with Crippen LogP contribution >= 0.6 is 23.4 Å². The van der Waals surface area contributed by atoms with Crippen LogP contribution in [-0.4, -0.2) is 41.0 Å². The molecule has 1 spiro atoms. The van der Waals surface area contributed by atoms with Crippen LogP contribution in [-0.2, 0) is 19.3 Å². The van der Waals surface area contributed by atoms with E-state index in [0.717, 1.165) is 28.1 Å². The van der Waals surface area contributed by atoms with Crippen molar-refractivity contribution in [1.82, 2.24) is 10.3 Å².